The van der Waals surface area contributed by atoms with Gasteiger partial charge in [-0.05, 0) is 57.6 Å². The summed E-state index contributed by atoms with van der Waals surface area (Å²) in [5.74, 6) is 0. The summed E-state index contributed by atoms with van der Waals surface area (Å²) in [4.78, 5) is 0.236. The normalized spacial score (nSPS) is 12.6. The molecule has 0 atom stereocenters. The zero-order valence-electron chi connectivity index (χ0n) is 18.2. The lowest BCUT2D eigenvalue weighted by Gasteiger charge is -2.06. The Balaban J connectivity index is 1.96. The van der Waals surface area contributed by atoms with Crippen molar-refractivity contribution in [1.29, 1.82) is 0 Å². The van der Waals surface area contributed by atoms with Gasteiger partial charge in [0.05, 0.1) is 11.5 Å². The van der Waals surface area contributed by atoms with Crippen LogP contribution < -0.4 is 0 Å². The maximum atomic E-state index is 12.1. The molecule has 1 aromatic rings. The van der Waals surface area contributed by atoms with E-state index in [9.17, 15) is 8.42 Å². The van der Waals surface area contributed by atoms with Crippen LogP contribution in [0.1, 0.15) is 76.7 Å². The Labute approximate surface area is 178 Å². The summed E-state index contributed by atoms with van der Waals surface area (Å²) in [5, 5.41) is 0. The maximum absolute atomic E-state index is 12.1. The Morgan fingerprint density at radius 1 is 0.759 bits per heavy atom. The molecule has 162 valence electrons. The predicted octanol–water partition coefficient (Wildman–Crippen LogP) is 7.29. The minimum Gasteiger partial charge on any atom is -0.266 e. The molecule has 0 saturated heterocycles. The highest BCUT2D eigenvalue weighted by Gasteiger charge is 2.14. The molecule has 1 aromatic carbocycles. The summed E-state index contributed by atoms with van der Waals surface area (Å²) in [5.41, 5.74) is 1.03. The largest absolute Gasteiger partial charge is 0.296 e. The van der Waals surface area contributed by atoms with Crippen LogP contribution in [-0.4, -0.2) is 15.0 Å². The van der Waals surface area contributed by atoms with Crippen LogP contribution in [0.2, 0.25) is 0 Å². The van der Waals surface area contributed by atoms with E-state index in [0.717, 1.165) is 50.5 Å². The third kappa shape index (κ3) is 13.2. The van der Waals surface area contributed by atoms with Crippen LogP contribution in [0.25, 0.3) is 0 Å². The summed E-state index contributed by atoms with van der Waals surface area (Å²) >= 11 is 0. The van der Waals surface area contributed by atoms with Crippen LogP contribution in [0.5, 0.6) is 0 Å². The molecule has 1 rings (SSSR count). The lowest BCUT2D eigenvalue weighted by Crippen LogP contribution is -2.07. The maximum Gasteiger partial charge on any atom is 0.296 e. The fourth-order valence-corrected chi connectivity index (χ4v) is 3.78. The molecule has 0 amide bonds. The minimum atomic E-state index is -3.61. The topological polar surface area (TPSA) is 43.4 Å². The molecule has 0 aliphatic rings. The van der Waals surface area contributed by atoms with E-state index in [1.807, 2.05) is 6.92 Å². The highest BCUT2D eigenvalue weighted by atomic mass is 32.2. The van der Waals surface area contributed by atoms with E-state index in [2.05, 4.69) is 43.4 Å². The standard InChI is InChI=1S/C25H38O3S/c1-3-4-5-6-7-8-9-10-11-12-13-14-15-16-17-18-23-28-29(26,27)25-21-19-24(2)20-22-25/h4-5,7-8,10-11,19-22H,3,6,9,12-18,23H2,1-2H3. The van der Waals surface area contributed by atoms with Gasteiger partial charge >= 0.3 is 0 Å². The number of aryl methyl sites for hydroxylation is 1. The van der Waals surface area contributed by atoms with Crippen LogP contribution in [0.4, 0.5) is 0 Å². The highest BCUT2D eigenvalue weighted by molar-refractivity contribution is 7.86. The quantitative estimate of drug-likeness (QED) is 0.161. The molecule has 0 fully saturated rings. The van der Waals surface area contributed by atoms with E-state index >= 15 is 0 Å². The molecule has 0 bridgehead atoms. The average Bonchev–Trinajstić information content (AvgIpc) is 2.70. The van der Waals surface area contributed by atoms with E-state index in [0.29, 0.717) is 0 Å². The van der Waals surface area contributed by atoms with Crippen molar-refractivity contribution in [2.24, 2.45) is 0 Å². The highest BCUT2D eigenvalue weighted by Crippen LogP contribution is 2.14. The molecule has 0 unspecified atom stereocenters. The Morgan fingerprint density at radius 2 is 1.31 bits per heavy atom. The van der Waals surface area contributed by atoms with E-state index in [1.165, 1.54) is 19.3 Å². The van der Waals surface area contributed by atoms with Crippen molar-refractivity contribution in [3.05, 3.63) is 66.3 Å². The Hall–Kier alpha value is -1.65. The Morgan fingerprint density at radius 3 is 1.97 bits per heavy atom. The minimum absolute atomic E-state index is 0.236. The number of allylic oxidation sites excluding steroid dienone is 6. The van der Waals surface area contributed by atoms with Crippen LogP contribution >= 0.6 is 0 Å². The first-order valence-corrected chi connectivity index (χ1v) is 12.4. The Bertz CT molecular complexity index is 713. The van der Waals surface area contributed by atoms with Crippen molar-refractivity contribution in [1.82, 2.24) is 0 Å². The van der Waals surface area contributed by atoms with Crippen molar-refractivity contribution in [2.45, 2.75) is 83.0 Å². The Kier molecular flexibility index (Phi) is 14.2. The molecule has 0 spiro atoms. The van der Waals surface area contributed by atoms with E-state index in [-0.39, 0.29) is 11.5 Å². The number of rotatable bonds is 16. The molecule has 0 aliphatic heterocycles. The third-order valence-corrected chi connectivity index (χ3v) is 5.92. The van der Waals surface area contributed by atoms with Crippen molar-refractivity contribution in [3.8, 4) is 0 Å². The second-order valence-electron chi connectivity index (χ2n) is 7.29. The molecule has 4 heteroatoms. The second-order valence-corrected chi connectivity index (χ2v) is 8.91. The summed E-state index contributed by atoms with van der Waals surface area (Å²) in [7, 11) is -3.61. The summed E-state index contributed by atoms with van der Waals surface area (Å²) < 4.78 is 29.3. The summed E-state index contributed by atoms with van der Waals surface area (Å²) in [6, 6.07) is 6.77. The molecular formula is C25H38O3S. The van der Waals surface area contributed by atoms with Crippen LogP contribution in [0.3, 0.4) is 0 Å². The summed E-state index contributed by atoms with van der Waals surface area (Å²) in [6.07, 6.45) is 24.2. The molecule has 0 saturated carbocycles. The van der Waals surface area contributed by atoms with Gasteiger partial charge in [-0.1, -0.05) is 86.8 Å². The average molecular weight is 419 g/mol. The number of benzene rings is 1. The lowest BCUT2D eigenvalue weighted by atomic mass is 10.1. The van der Waals surface area contributed by atoms with E-state index < -0.39 is 10.1 Å². The lowest BCUT2D eigenvalue weighted by molar-refractivity contribution is 0.306. The first kappa shape index (κ1) is 25.4. The molecule has 0 aromatic heterocycles. The SMILES string of the molecule is CCC=CCC=CCC=CCCCCCCCCOS(=O)(=O)c1ccc(C)cc1. The monoisotopic (exact) mass is 418 g/mol. The van der Waals surface area contributed by atoms with Crippen molar-refractivity contribution >= 4 is 10.1 Å². The van der Waals surface area contributed by atoms with Gasteiger partial charge in [0.2, 0.25) is 0 Å². The van der Waals surface area contributed by atoms with Gasteiger partial charge in [-0.25, -0.2) is 0 Å². The first-order valence-electron chi connectivity index (χ1n) is 11.0. The molecular weight excluding hydrogens is 380 g/mol. The fourth-order valence-electron chi connectivity index (χ4n) is 2.84. The van der Waals surface area contributed by atoms with Gasteiger partial charge in [0.25, 0.3) is 10.1 Å². The van der Waals surface area contributed by atoms with Crippen LogP contribution in [0, 0.1) is 6.92 Å². The van der Waals surface area contributed by atoms with Crippen LogP contribution in [0.15, 0.2) is 65.6 Å². The van der Waals surface area contributed by atoms with E-state index in [4.69, 9.17) is 4.18 Å². The zero-order valence-corrected chi connectivity index (χ0v) is 19.0. The predicted molar refractivity (Wildman–Crippen MR) is 124 cm³/mol. The number of hydrogen-bond donors (Lipinski definition) is 0. The zero-order chi connectivity index (χ0) is 21.2. The van der Waals surface area contributed by atoms with Gasteiger partial charge < -0.3 is 0 Å². The smallest absolute Gasteiger partial charge is 0.266 e. The molecule has 0 aliphatic carbocycles. The third-order valence-electron chi connectivity index (χ3n) is 4.59. The molecule has 0 radical (unpaired) electrons. The fraction of sp³-hybridized carbons (Fsp3) is 0.520. The second kappa shape index (κ2) is 16.2. The van der Waals surface area contributed by atoms with Crippen molar-refractivity contribution < 1.29 is 12.6 Å². The number of unbranched alkanes of at least 4 members (excludes halogenated alkanes) is 6. The molecule has 0 heterocycles. The van der Waals surface area contributed by atoms with Crippen LogP contribution in [-0.2, 0) is 14.3 Å². The van der Waals surface area contributed by atoms with Gasteiger partial charge in [-0.3, -0.25) is 4.18 Å². The van der Waals surface area contributed by atoms with Crippen molar-refractivity contribution in [3.63, 3.8) is 0 Å². The van der Waals surface area contributed by atoms with E-state index in [1.54, 1.807) is 24.3 Å². The van der Waals surface area contributed by atoms with Gasteiger partial charge in [-0.2, -0.15) is 8.42 Å². The van der Waals surface area contributed by atoms with Gasteiger partial charge in [-0.15, -0.1) is 0 Å². The first-order chi connectivity index (χ1) is 14.1. The molecule has 3 nitrogen and oxygen atoms in total. The van der Waals surface area contributed by atoms with Gasteiger partial charge in [0.15, 0.2) is 0 Å². The van der Waals surface area contributed by atoms with Gasteiger partial charge in [0.1, 0.15) is 0 Å². The van der Waals surface area contributed by atoms with Crippen molar-refractivity contribution in [2.75, 3.05) is 6.61 Å². The summed E-state index contributed by atoms with van der Waals surface area (Å²) in [6.45, 7) is 4.35. The molecule has 0 N–H and O–H groups in total. The van der Waals surface area contributed by atoms with Gasteiger partial charge in [0, 0.05) is 0 Å². The number of hydrogen-bond acceptors (Lipinski definition) is 3. The molecule has 29 heavy (non-hydrogen) atoms.